The molecular weight excluding hydrogens is 227 g/mol. The maximum atomic E-state index is 13.3. The van der Waals surface area contributed by atoms with Crippen LogP contribution in [0.15, 0.2) is 18.2 Å². The molecule has 3 N–H and O–H groups in total. The number of benzene rings is 1. The Labute approximate surface area is 98.6 Å². The highest BCUT2D eigenvalue weighted by molar-refractivity contribution is 8.00. The molecule has 88 valence electrons. The van der Waals surface area contributed by atoms with Gasteiger partial charge in [-0.15, -0.1) is 11.8 Å². The molecule has 0 bridgehead atoms. The molecule has 0 aromatic heterocycles. The number of nitrogen functional groups attached to an aromatic ring is 1. The Hall–Kier alpha value is -1.23. The van der Waals surface area contributed by atoms with E-state index < -0.39 is 5.82 Å². The van der Waals surface area contributed by atoms with Gasteiger partial charge in [-0.1, -0.05) is 6.92 Å². The molecule has 0 fully saturated rings. The van der Waals surface area contributed by atoms with E-state index in [4.69, 9.17) is 5.73 Å². The van der Waals surface area contributed by atoms with E-state index >= 15 is 0 Å². The number of amides is 1. The lowest BCUT2D eigenvalue weighted by Crippen LogP contribution is -2.23. The van der Waals surface area contributed by atoms with E-state index in [1.54, 1.807) is 6.92 Å². The summed E-state index contributed by atoms with van der Waals surface area (Å²) in [6, 6.07) is 4.11. The van der Waals surface area contributed by atoms with E-state index in [0.29, 0.717) is 5.69 Å². The number of nitrogens with two attached hydrogens (primary N) is 1. The van der Waals surface area contributed by atoms with Crippen LogP contribution in [0.25, 0.3) is 0 Å². The summed E-state index contributed by atoms with van der Waals surface area (Å²) in [4.78, 5) is 11.6. The molecule has 0 spiro atoms. The third kappa shape index (κ3) is 3.41. The van der Waals surface area contributed by atoms with E-state index in [1.807, 2.05) is 6.92 Å². The Morgan fingerprint density at radius 3 is 2.94 bits per heavy atom. The summed E-state index contributed by atoms with van der Waals surface area (Å²) in [6.45, 7) is 3.75. The van der Waals surface area contributed by atoms with E-state index in [-0.39, 0.29) is 16.8 Å². The van der Waals surface area contributed by atoms with Crippen LogP contribution >= 0.6 is 11.8 Å². The Morgan fingerprint density at radius 1 is 1.62 bits per heavy atom. The van der Waals surface area contributed by atoms with Crippen molar-refractivity contribution in [2.45, 2.75) is 19.1 Å². The normalized spacial score (nSPS) is 12.2. The van der Waals surface area contributed by atoms with E-state index in [1.165, 1.54) is 30.0 Å². The molecule has 1 unspecified atom stereocenters. The molecular formula is C11H15FN2OS. The van der Waals surface area contributed by atoms with Crippen LogP contribution in [0.5, 0.6) is 0 Å². The Balaban J connectivity index is 2.72. The van der Waals surface area contributed by atoms with E-state index in [0.717, 1.165) is 5.75 Å². The molecule has 0 heterocycles. The summed E-state index contributed by atoms with van der Waals surface area (Å²) in [5.74, 6) is 0.154. The molecule has 1 aromatic rings. The van der Waals surface area contributed by atoms with E-state index in [2.05, 4.69) is 5.32 Å². The number of hydrogen-bond donors (Lipinski definition) is 2. The van der Waals surface area contributed by atoms with Crippen molar-refractivity contribution in [3.63, 3.8) is 0 Å². The van der Waals surface area contributed by atoms with Crippen molar-refractivity contribution in [2.24, 2.45) is 0 Å². The van der Waals surface area contributed by atoms with Crippen LogP contribution in [0.3, 0.4) is 0 Å². The van der Waals surface area contributed by atoms with Gasteiger partial charge < -0.3 is 11.1 Å². The molecule has 0 aliphatic carbocycles. The fourth-order valence-corrected chi connectivity index (χ4v) is 1.91. The predicted octanol–water partition coefficient (Wildman–Crippen LogP) is 2.49. The second-order valence-corrected chi connectivity index (χ2v) is 4.94. The SMILES string of the molecule is CCSC(C)C(=O)Nc1cc(N)ccc1F. The van der Waals surface area contributed by atoms with Gasteiger partial charge in [-0.3, -0.25) is 4.79 Å². The Bertz CT molecular complexity index is 384. The van der Waals surface area contributed by atoms with Crippen LogP contribution in [0, 0.1) is 5.82 Å². The van der Waals surface area contributed by atoms with Crippen LogP contribution in [-0.4, -0.2) is 16.9 Å². The molecule has 16 heavy (non-hydrogen) atoms. The van der Waals surface area contributed by atoms with Crippen molar-refractivity contribution in [2.75, 3.05) is 16.8 Å². The van der Waals surface area contributed by atoms with Gasteiger partial charge in [-0.2, -0.15) is 0 Å². The summed E-state index contributed by atoms with van der Waals surface area (Å²) in [7, 11) is 0. The zero-order chi connectivity index (χ0) is 12.1. The van der Waals surface area contributed by atoms with Gasteiger partial charge in [0.15, 0.2) is 0 Å². The van der Waals surface area contributed by atoms with Crippen LogP contribution in [0.4, 0.5) is 15.8 Å². The summed E-state index contributed by atoms with van der Waals surface area (Å²) in [5.41, 5.74) is 6.07. The number of rotatable bonds is 4. The van der Waals surface area contributed by atoms with Crippen LogP contribution < -0.4 is 11.1 Å². The third-order valence-electron chi connectivity index (χ3n) is 2.03. The third-order valence-corrected chi connectivity index (χ3v) is 3.08. The lowest BCUT2D eigenvalue weighted by Gasteiger charge is -2.11. The average Bonchev–Trinajstić information content (AvgIpc) is 2.23. The standard InChI is InChI=1S/C11H15FN2OS/c1-3-16-7(2)11(15)14-10-6-8(13)4-5-9(10)12/h4-7H,3,13H2,1-2H3,(H,14,15). The van der Waals surface area contributed by atoms with Crippen molar-refractivity contribution in [3.8, 4) is 0 Å². The maximum Gasteiger partial charge on any atom is 0.237 e. The topological polar surface area (TPSA) is 55.1 Å². The van der Waals surface area contributed by atoms with Gasteiger partial charge in [0.1, 0.15) is 5.82 Å². The molecule has 1 amide bonds. The summed E-state index contributed by atoms with van der Waals surface area (Å²) >= 11 is 1.50. The van der Waals surface area contributed by atoms with Gasteiger partial charge in [0.25, 0.3) is 0 Å². The number of hydrogen-bond acceptors (Lipinski definition) is 3. The summed E-state index contributed by atoms with van der Waals surface area (Å²) < 4.78 is 13.3. The number of carbonyl (C=O) groups excluding carboxylic acids is 1. The molecule has 1 atom stereocenters. The van der Waals surface area contributed by atoms with Gasteiger partial charge in [0.05, 0.1) is 10.9 Å². The number of carbonyl (C=O) groups is 1. The summed E-state index contributed by atoms with van der Waals surface area (Å²) in [6.07, 6.45) is 0. The molecule has 5 heteroatoms. The highest BCUT2D eigenvalue weighted by Gasteiger charge is 2.14. The van der Waals surface area contributed by atoms with Gasteiger partial charge in [0.2, 0.25) is 5.91 Å². The minimum atomic E-state index is -0.476. The lowest BCUT2D eigenvalue weighted by molar-refractivity contribution is -0.115. The lowest BCUT2D eigenvalue weighted by atomic mass is 10.2. The van der Waals surface area contributed by atoms with Gasteiger partial charge in [0, 0.05) is 5.69 Å². The number of thioether (sulfide) groups is 1. The number of nitrogens with one attached hydrogen (secondary N) is 1. The molecule has 1 aromatic carbocycles. The first-order valence-corrected chi connectivity index (χ1v) is 6.07. The molecule has 0 saturated carbocycles. The highest BCUT2D eigenvalue weighted by Crippen LogP contribution is 2.19. The van der Waals surface area contributed by atoms with E-state index in [9.17, 15) is 9.18 Å². The monoisotopic (exact) mass is 242 g/mol. The van der Waals surface area contributed by atoms with Crippen molar-refractivity contribution in [1.29, 1.82) is 0 Å². The maximum absolute atomic E-state index is 13.3. The largest absolute Gasteiger partial charge is 0.399 e. The van der Waals surface area contributed by atoms with Crippen LogP contribution in [0.1, 0.15) is 13.8 Å². The first-order chi connectivity index (χ1) is 7.54. The fraction of sp³-hybridized carbons (Fsp3) is 0.364. The predicted molar refractivity (Wildman–Crippen MR) is 67.0 cm³/mol. The second kappa shape index (κ2) is 5.75. The minimum Gasteiger partial charge on any atom is -0.399 e. The van der Waals surface area contributed by atoms with Crippen molar-refractivity contribution < 1.29 is 9.18 Å². The van der Waals surface area contributed by atoms with Gasteiger partial charge in [-0.25, -0.2) is 4.39 Å². The summed E-state index contributed by atoms with van der Waals surface area (Å²) in [5, 5.41) is 2.32. The first kappa shape index (κ1) is 12.8. The quantitative estimate of drug-likeness (QED) is 0.797. The van der Waals surface area contributed by atoms with Crippen molar-refractivity contribution in [1.82, 2.24) is 0 Å². The molecule has 0 aliphatic heterocycles. The number of anilines is 2. The molecule has 1 rings (SSSR count). The Kier molecular flexibility index (Phi) is 4.61. The molecule has 0 radical (unpaired) electrons. The average molecular weight is 242 g/mol. The zero-order valence-electron chi connectivity index (χ0n) is 9.29. The molecule has 3 nitrogen and oxygen atoms in total. The highest BCUT2D eigenvalue weighted by atomic mass is 32.2. The first-order valence-electron chi connectivity index (χ1n) is 5.02. The Morgan fingerprint density at radius 2 is 2.31 bits per heavy atom. The zero-order valence-corrected chi connectivity index (χ0v) is 10.1. The second-order valence-electron chi connectivity index (χ2n) is 3.33. The van der Waals surface area contributed by atoms with Crippen molar-refractivity contribution in [3.05, 3.63) is 24.0 Å². The van der Waals surface area contributed by atoms with Gasteiger partial charge in [-0.05, 0) is 30.9 Å². The smallest absolute Gasteiger partial charge is 0.237 e. The van der Waals surface area contributed by atoms with Crippen LogP contribution in [0.2, 0.25) is 0 Å². The molecule has 0 aliphatic rings. The van der Waals surface area contributed by atoms with Gasteiger partial charge >= 0.3 is 0 Å². The minimum absolute atomic E-state index is 0.133. The number of halogens is 1. The molecule has 0 saturated heterocycles. The van der Waals surface area contributed by atoms with Crippen LogP contribution in [-0.2, 0) is 4.79 Å². The fourth-order valence-electron chi connectivity index (χ4n) is 1.20. The van der Waals surface area contributed by atoms with Crippen molar-refractivity contribution >= 4 is 29.0 Å².